The predicted octanol–water partition coefficient (Wildman–Crippen LogP) is 2.07. The Labute approximate surface area is 84.3 Å². The summed E-state index contributed by atoms with van der Waals surface area (Å²) in [5.74, 6) is 0. The van der Waals surface area contributed by atoms with Gasteiger partial charge in [0, 0.05) is 6.07 Å². The van der Waals surface area contributed by atoms with Crippen molar-refractivity contribution in [3.63, 3.8) is 0 Å². The summed E-state index contributed by atoms with van der Waals surface area (Å²) in [5.41, 5.74) is -3.41. The Kier molecular flexibility index (Phi) is 2.99. The van der Waals surface area contributed by atoms with E-state index in [1.165, 1.54) is 12.1 Å². The van der Waals surface area contributed by atoms with E-state index in [2.05, 4.69) is 0 Å². The Bertz CT molecular complexity index is 379. The first-order valence-electron chi connectivity index (χ1n) is 4.11. The van der Waals surface area contributed by atoms with Gasteiger partial charge < -0.3 is 5.11 Å². The lowest BCUT2D eigenvalue weighted by atomic mass is 9.95. The second kappa shape index (κ2) is 3.90. The lowest BCUT2D eigenvalue weighted by molar-refractivity contribution is -0.387. The smallest absolute Gasteiger partial charge is 0.275 e. The van der Waals surface area contributed by atoms with Gasteiger partial charge in [-0.25, -0.2) is 8.78 Å². The number of rotatable bonds is 3. The number of halogens is 2. The summed E-state index contributed by atoms with van der Waals surface area (Å²) in [4.78, 5) is 9.74. The van der Waals surface area contributed by atoms with Gasteiger partial charge in [-0.2, -0.15) is 0 Å². The lowest BCUT2D eigenvalue weighted by Crippen LogP contribution is -2.31. The number of hydrogen-bond acceptors (Lipinski definition) is 3. The minimum Gasteiger partial charge on any atom is -0.379 e. The van der Waals surface area contributed by atoms with Crippen LogP contribution in [0.3, 0.4) is 0 Å². The first-order valence-corrected chi connectivity index (χ1v) is 4.11. The molecule has 0 saturated carbocycles. The number of nitro benzene ring substituents is 1. The van der Waals surface area contributed by atoms with Gasteiger partial charge in [0.15, 0.2) is 5.60 Å². The van der Waals surface area contributed by atoms with Crippen LogP contribution in [0.25, 0.3) is 0 Å². The van der Waals surface area contributed by atoms with Crippen molar-refractivity contribution < 1.29 is 18.8 Å². The maximum absolute atomic E-state index is 12.5. The molecule has 1 aromatic rings. The molecule has 0 aromatic heterocycles. The molecule has 1 aromatic carbocycles. The average molecular weight is 217 g/mol. The predicted molar refractivity (Wildman–Crippen MR) is 48.7 cm³/mol. The van der Waals surface area contributed by atoms with Gasteiger partial charge in [-0.3, -0.25) is 10.1 Å². The quantitative estimate of drug-likeness (QED) is 0.622. The minimum atomic E-state index is -3.08. The van der Waals surface area contributed by atoms with Gasteiger partial charge in [0.05, 0.1) is 10.5 Å². The van der Waals surface area contributed by atoms with E-state index >= 15 is 0 Å². The van der Waals surface area contributed by atoms with Crippen LogP contribution >= 0.6 is 0 Å². The zero-order chi connectivity index (χ0) is 11.6. The van der Waals surface area contributed by atoms with E-state index in [9.17, 15) is 24.0 Å². The molecule has 4 nitrogen and oxygen atoms in total. The van der Waals surface area contributed by atoms with E-state index in [0.717, 1.165) is 19.1 Å². The van der Waals surface area contributed by atoms with Crippen LogP contribution in [0.5, 0.6) is 0 Å². The van der Waals surface area contributed by atoms with Crippen LogP contribution in [-0.4, -0.2) is 16.5 Å². The molecule has 0 aliphatic rings. The highest BCUT2D eigenvalue weighted by Crippen LogP contribution is 2.33. The molecule has 1 unspecified atom stereocenters. The molecular formula is C9H9F2NO3. The van der Waals surface area contributed by atoms with Crippen LogP contribution in [0.15, 0.2) is 24.3 Å². The molecule has 0 fully saturated rings. The zero-order valence-electron chi connectivity index (χ0n) is 7.85. The molecule has 6 heteroatoms. The number of nitro groups is 1. The van der Waals surface area contributed by atoms with Gasteiger partial charge in [-0.15, -0.1) is 0 Å². The molecule has 15 heavy (non-hydrogen) atoms. The van der Waals surface area contributed by atoms with Crippen LogP contribution < -0.4 is 0 Å². The highest BCUT2D eigenvalue weighted by molar-refractivity contribution is 5.43. The van der Waals surface area contributed by atoms with Crippen molar-refractivity contribution in [3.8, 4) is 0 Å². The van der Waals surface area contributed by atoms with Gasteiger partial charge in [0.25, 0.3) is 12.1 Å². The first-order chi connectivity index (χ1) is 6.87. The first kappa shape index (κ1) is 11.5. The van der Waals surface area contributed by atoms with E-state index < -0.39 is 22.6 Å². The summed E-state index contributed by atoms with van der Waals surface area (Å²) in [6.07, 6.45) is -3.08. The Morgan fingerprint density at radius 2 is 2.00 bits per heavy atom. The summed E-state index contributed by atoms with van der Waals surface area (Å²) in [6, 6.07) is 4.90. The summed E-state index contributed by atoms with van der Waals surface area (Å²) in [7, 11) is 0. The summed E-state index contributed by atoms with van der Waals surface area (Å²) < 4.78 is 24.9. The molecule has 1 rings (SSSR count). The maximum Gasteiger partial charge on any atom is 0.275 e. The standard InChI is InChI=1S/C9H9F2NO3/c1-9(13,8(10)11)6-4-2-3-5-7(6)12(14)15/h2-5,8,13H,1H3. The fraction of sp³-hybridized carbons (Fsp3) is 0.333. The topological polar surface area (TPSA) is 63.4 Å². The Morgan fingerprint density at radius 1 is 1.47 bits per heavy atom. The molecule has 0 aliphatic carbocycles. The molecule has 1 N–H and O–H groups in total. The van der Waals surface area contributed by atoms with Crippen LogP contribution in [0.2, 0.25) is 0 Å². The summed E-state index contributed by atoms with van der Waals surface area (Å²) in [5, 5.41) is 20.0. The second-order valence-corrected chi connectivity index (χ2v) is 3.22. The highest BCUT2D eigenvalue weighted by Gasteiger charge is 2.39. The van der Waals surface area contributed by atoms with E-state index in [1.807, 2.05) is 0 Å². The number of para-hydroxylation sites is 1. The molecule has 0 radical (unpaired) electrons. The molecule has 0 saturated heterocycles. The number of aliphatic hydroxyl groups is 1. The third kappa shape index (κ3) is 2.10. The summed E-state index contributed by atoms with van der Waals surface area (Å²) >= 11 is 0. The van der Waals surface area contributed by atoms with E-state index in [0.29, 0.717) is 0 Å². The van der Waals surface area contributed by atoms with Crippen molar-refractivity contribution >= 4 is 5.69 Å². The largest absolute Gasteiger partial charge is 0.379 e. The molecular weight excluding hydrogens is 208 g/mol. The van der Waals surface area contributed by atoms with Crippen LogP contribution in [0, 0.1) is 10.1 Å². The fourth-order valence-electron chi connectivity index (χ4n) is 1.18. The minimum absolute atomic E-state index is 0.384. The zero-order valence-corrected chi connectivity index (χ0v) is 7.85. The van der Waals surface area contributed by atoms with Crippen molar-refractivity contribution in [2.45, 2.75) is 19.0 Å². The highest BCUT2D eigenvalue weighted by atomic mass is 19.3. The van der Waals surface area contributed by atoms with Gasteiger partial charge in [-0.1, -0.05) is 12.1 Å². The van der Waals surface area contributed by atoms with Crippen LogP contribution in [0.1, 0.15) is 12.5 Å². The third-order valence-corrected chi connectivity index (χ3v) is 2.07. The molecule has 0 bridgehead atoms. The second-order valence-electron chi connectivity index (χ2n) is 3.22. The number of benzene rings is 1. The van der Waals surface area contributed by atoms with Crippen molar-refractivity contribution in [1.82, 2.24) is 0 Å². The Hall–Kier alpha value is -1.56. The van der Waals surface area contributed by atoms with E-state index in [4.69, 9.17) is 0 Å². The lowest BCUT2D eigenvalue weighted by Gasteiger charge is -2.22. The summed E-state index contributed by atoms with van der Waals surface area (Å²) in [6.45, 7) is 0.847. The third-order valence-electron chi connectivity index (χ3n) is 2.07. The number of nitrogens with zero attached hydrogens (tertiary/aromatic N) is 1. The van der Waals surface area contributed by atoms with Crippen molar-refractivity contribution in [2.75, 3.05) is 0 Å². The molecule has 82 valence electrons. The fourth-order valence-corrected chi connectivity index (χ4v) is 1.18. The SMILES string of the molecule is CC(O)(c1ccccc1[N+](=O)[O-])C(F)F. The van der Waals surface area contributed by atoms with Gasteiger partial charge in [-0.05, 0) is 13.0 Å². The van der Waals surface area contributed by atoms with E-state index in [-0.39, 0.29) is 5.56 Å². The maximum atomic E-state index is 12.5. The van der Waals surface area contributed by atoms with Crippen molar-refractivity contribution in [1.29, 1.82) is 0 Å². The monoisotopic (exact) mass is 217 g/mol. The van der Waals surface area contributed by atoms with Gasteiger partial charge in [0.1, 0.15) is 0 Å². The normalized spacial score (nSPS) is 15.0. The van der Waals surface area contributed by atoms with Crippen LogP contribution in [-0.2, 0) is 5.60 Å². The molecule has 0 spiro atoms. The van der Waals surface area contributed by atoms with Gasteiger partial charge in [0.2, 0.25) is 0 Å². The molecule has 0 amide bonds. The molecule has 1 atom stereocenters. The Balaban J connectivity index is 3.31. The molecule has 0 heterocycles. The van der Waals surface area contributed by atoms with Crippen molar-refractivity contribution in [2.24, 2.45) is 0 Å². The Morgan fingerprint density at radius 3 is 2.47 bits per heavy atom. The van der Waals surface area contributed by atoms with Crippen molar-refractivity contribution in [3.05, 3.63) is 39.9 Å². The number of hydrogen-bond donors (Lipinski definition) is 1. The average Bonchev–Trinajstić information content (AvgIpc) is 2.17. The van der Waals surface area contributed by atoms with Crippen LogP contribution in [0.4, 0.5) is 14.5 Å². The van der Waals surface area contributed by atoms with Gasteiger partial charge >= 0.3 is 0 Å². The number of alkyl halides is 2. The van der Waals surface area contributed by atoms with E-state index in [1.54, 1.807) is 0 Å². The molecule has 0 aliphatic heterocycles.